The SMILES string of the molecule is CC(CCC(=O)O)Nc1nc(-c2ccccc2)cs1. The van der Waals surface area contributed by atoms with Gasteiger partial charge in [-0.2, -0.15) is 0 Å². The Kier molecular flexibility index (Phi) is 4.52. The maximum atomic E-state index is 10.5. The van der Waals surface area contributed by atoms with E-state index in [0.29, 0.717) is 6.42 Å². The topological polar surface area (TPSA) is 62.2 Å². The molecule has 2 rings (SSSR count). The molecule has 1 aromatic carbocycles. The minimum atomic E-state index is -0.766. The molecule has 1 unspecified atom stereocenters. The molecule has 1 heterocycles. The van der Waals surface area contributed by atoms with Gasteiger partial charge in [0.05, 0.1) is 5.69 Å². The van der Waals surface area contributed by atoms with Crippen LogP contribution in [0.2, 0.25) is 0 Å². The third-order valence-electron chi connectivity index (χ3n) is 2.73. The lowest BCUT2D eigenvalue weighted by Gasteiger charge is -2.10. The smallest absolute Gasteiger partial charge is 0.303 e. The number of carboxylic acid groups (broad SMARTS) is 1. The summed E-state index contributed by atoms with van der Waals surface area (Å²) in [4.78, 5) is 15.0. The van der Waals surface area contributed by atoms with Crippen molar-refractivity contribution in [3.8, 4) is 11.3 Å². The Morgan fingerprint density at radius 1 is 1.42 bits per heavy atom. The Balaban J connectivity index is 1.96. The Bertz CT molecular complexity index is 539. The van der Waals surface area contributed by atoms with Gasteiger partial charge in [0.15, 0.2) is 5.13 Å². The van der Waals surface area contributed by atoms with Gasteiger partial charge in [-0.1, -0.05) is 30.3 Å². The molecule has 0 saturated carbocycles. The van der Waals surface area contributed by atoms with Crippen molar-refractivity contribution < 1.29 is 9.90 Å². The Morgan fingerprint density at radius 2 is 2.16 bits per heavy atom. The minimum absolute atomic E-state index is 0.103. The molecule has 0 amide bonds. The van der Waals surface area contributed by atoms with Crippen molar-refractivity contribution in [1.29, 1.82) is 0 Å². The van der Waals surface area contributed by atoms with E-state index in [9.17, 15) is 4.79 Å². The highest BCUT2D eigenvalue weighted by Gasteiger charge is 2.08. The summed E-state index contributed by atoms with van der Waals surface area (Å²) in [7, 11) is 0. The molecule has 0 radical (unpaired) electrons. The van der Waals surface area contributed by atoms with Crippen molar-refractivity contribution >= 4 is 22.4 Å². The summed E-state index contributed by atoms with van der Waals surface area (Å²) in [6.45, 7) is 1.96. The Morgan fingerprint density at radius 3 is 2.84 bits per heavy atom. The lowest BCUT2D eigenvalue weighted by Crippen LogP contribution is -2.16. The first-order valence-corrected chi connectivity index (χ1v) is 7.02. The number of carbonyl (C=O) groups is 1. The zero-order valence-electron chi connectivity index (χ0n) is 10.7. The quantitative estimate of drug-likeness (QED) is 0.848. The summed E-state index contributed by atoms with van der Waals surface area (Å²) in [6, 6.07) is 10.1. The molecule has 1 atom stereocenters. The number of nitrogens with one attached hydrogen (secondary N) is 1. The second-order valence-corrected chi connectivity index (χ2v) is 5.24. The number of hydrogen-bond donors (Lipinski definition) is 2. The van der Waals surface area contributed by atoms with Gasteiger partial charge in [-0.25, -0.2) is 4.98 Å². The molecular weight excluding hydrogens is 260 g/mol. The third-order valence-corrected chi connectivity index (χ3v) is 3.51. The number of nitrogens with zero attached hydrogens (tertiary/aromatic N) is 1. The number of rotatable bonds is 6. The molecule has 0 fully saturated rings. The lowest BCUT2D eigenvalue weighted by atomic mass is 10.2. The van der Waals surface area contributed by atoms with E-state index in [0.717, 1.165) is 16.4 Å². The minimum Gasteiger partial charge on any atom is -0.481 e. The molecule has 1 aromatic heterocycles. The van der Waals surface area contributed by atoms with Gasteiger partial charge < -0.3 is 10.4 Å². The molecule has 0 aliphatic rings. The van der Waals surface area contributed by atoms with E-state index >= 15 is 0 Å². The normalized spacial score (nSPS) is 12.1. The summed E-state index contributed by atoms with van der Waals surface area (Å²) in [6.07, 6.45) is 0.765. The fraction of sp³-hybridized carbons (Fsp3) is 0.286. The second kappa shape index (κ2) is 6.33. The van der Waals surface area contributed by atoms with E-state index in [-0.39, 0.29) is 12.5 Å². The molecule has 5 heteroatoms. The van der Waals surface area contributed by atoms with E-state index in [4.69, 9.17) is 5.11 Å². The summed E-state index contributed by atoms with van der Waals surface area (Å²) in [5, 5.41) is 14.7. The summed E-state index contributed by atoms with van der Waals surface area (Å²) in [5.74, 6) is -0.766. The van der Waals surface area contributed by atoms with Crippen LogP contribution in [0.5, 0.6) is 0 Å². The van der Waals surface area contributed by atoms with Gasteiger partial charge >= 0.3 is 5.97 Å². The first-order chi connectivity index (χ1) is 9.15. The van der Waals surface area contributed by atoms with Gasteiger partial charge in [0.1, 0.15) is 0 Å². The molecule has 0 saturated heterocycles. The van der Waals surface area contributed by atoms with Crippen molar-refractivity contribution in [3.63, 3.8) is 0 Å². The largest absolute Gasteiger partial charge is 0.481 e. The van der Waals surface area contributed by atoms with Crippen molar-refractivity contribution in [3.05, 3.63) is 35.7 Å². The average molecular weight is 276 g/mol. The second-order valence-electron chi connectivity index (χ2n) is 4.38. The lowest BCUT2D eigenvalue weighted by molar-refractivity contribution is -0.137. The van der Waals surface area contributed by atoms with Crippen LogP contribution in [0.25, 0.3) is 11.3 Å². The van der Waals surface area contributed by atoms with E-state index in [2.05, 4.69) is 10.3 Å². The maximum Gasteiger partial charge on any atom is 0.303 e. The zero-order valence-corrected chi connectivity index (χ0v) is 11.5. The highest BCUT2D eigenvalue weighted by molar-refractivity contribution is 7.14. The Hall–Kier alpha value is -1.88. The van der Waals surface area contributed by atoms with Gasteiger partial charge in [0.2, 0.25) is 0 Å². The Labute approximate surface area is 116 Å². The van der Waals surface area contributed by atoms with Gasteiger partial charge in [0, 0.05) is 23.4 Å². The van der Waals surface area contributed by atoms with Crippen LogP contribution in [0.4, 0.5) is 5.13 Å². The fourth-order valence-corrected chi connectivity index (χ4v) is 2.54. The number of thiazole rings is 1. The summed E-state index contributed by atoms with van der Waals surface area (Å²) < 4.78 is 0. The highest BCUT2D eigenvalue weighted by atomic mass is 32.1. The molecule has 2 N–H and O–H groups in total. The number of aromatic nitrogens is 1. The predicted octanol–water partition coefficient (Wildman–Crippen LogP) is 3.48. The molecule has 100 valence electrons. The van der Waals surface area contributed by atoms with Gasteiger partial charge in [-0.05, 0) is 13.3 Å². The summed E-state index contributed by atoms with van der Waals surface area (Å²) in [5.41, 5.74) is 2.03. The van der Waals surface area contributed by atoms with Crippen LogP contribution in [-0.2, 0) is 4.79 Å². The first kappa shape index (κ1) is 13.5. The van der Waals surface area contributed by atoms with E-state index in [1.165, 1.54) is 11.3 Å². The number of anilines is 1. The molecule has 2 aromatic rings. The van der Waals surface area contributed by atoms with Gasteiger partial charge in [-0.3, -0.25) is 4.79 Å². The number of hydrogen-bond acceptors (Lipinski definition) is 4. The summed E-state index contributed by atoms with van der Waals surface area (Å²) >= 11 is 1.54. The van der Waals surface area contributed by atoms with Crippen LogP contribution in [0.1, 0.15) is 19.8 Å². The molecule has 19 heavy (non-hydrogen) atoms. The van der Waals surface area contributed by atoms with Gasteiger partial charge in [-0.15, -0.1) is 11.3 Å². The van der Waals surface area contributed by atoms with E-state index in [1.54, 1.807) is 0 Å². The van der Waals surface area contributed by atoms with Crippen molar-refractivity contribution in [1.82, 2.24) is 4.98 Å². The predicted molar refractivity (Wildman–Crippen MR) is 77.5 cm³/mol. The molecule has 0 aliphatic heterocycles. The van der Waals surface area contributed by atoms with Crippen molar-refractivity contribution in [2.75, 3.05) is 5.32 Å². The molecule has 4 nitrogen and oxygen atoms in total. The van der Waals surface area contributed by atoms with Crippen molar-refractivity contribution in [2.24, 2.45) is 0 Å². The fourth-order valence-electron chi connectivity index (χ4n) is 1.70. The molecule has 0 aliphatic carbocycles. The molecular formula is C14H16N2O2S. The van der Waals surface area contributed by atoms with Crippen LogP contribution in [0, 0.1) is 0 Å². The first-order valence-electron chi connectivity index (χ1n) is 6.14. The van der Waals surface area contributed by atoms with Crippen LogP contribution in [0.15, 0.2) is 35.7 Å². The monoisotopic (exact) mass is 276 g/mol. The zero-order chi connectivity index (χ0) is 13.7. The van der Waals surface area contributed by atoms with Crippen molar-refractivity contribution in [2.45, 2.75) is 25.8 Å². The average Bonchev–Trinajstić information content (AvgIpc) is 2.86. The van der Waals surface area contributed by atoms with Crippen LogP contribution >= 0.6 is 11.3 Å². The molecule has 0 bridgehead atoms. The van der Waals surface area contributed by atoms with E-state index < -0.39 is 5.97 Å². The third kappa shape index (κ3) is 4.06. The number of benzene rings is 1. The van der Waals surface area contributed by atoms with E-state index in [1.807, 2.05) is 42.6 Å². The number of aliphatic carboxylic acids is 1. The van der Waals surface area contributed by atoms with Gasteiger partial charge in [0.25, 0.3) is 0 Å². The molecule has 0 spiro atoms. The van der Waals surface area contributed by atoms with Crippen LogP contribution in [0.3, 0.4) is 0 Å². The standard InChI is InChI=1S/C14H16N2O2S/c1-10(7-8-13(17)18)15-14-16-12(9-19-14)11-5-3-2-4-6-11/h2-6,9-10H,7-8H2,1H3,(H,15,16)(H,17,18). The maximum absolute atomic E-state index is 10.5. The van der Waals surface area contributed by atoms with Crippen LogP contribution < -0.4 is 5.32 Å². The highest BCUT2D eigenvalue weighted by Crippen LogP contribution is 2.25. The number of carboxylic acids is 1. The van der Waals surface area contributed by atoms with Crippen LogP contribution in [-0.4, -0.2) is 22.1 Å².